The first-order chi connectivity index (χ1) is 32.7. The van der Waals surface area contributed by atoms with E-state index in [1.54, 1.807) is 98.7 Å². The summed E-state index contributed by atoms with van der Waals surface area (Å²) in [7, 11) is 3.51. The molecule has 1 unspecified atom stereocenters. The fourth-order valence-electron chi connectivity index (χ4n) is 8.07. The molecule has 370 valence electrons. The van der Waals surface area contributed by atoms with E-state index in [4.69, 9.17) is 0 Å². The van der Waals surface area contributed by atoms with Crippen molar-refractivity contribution in [1.82, 2.24) is 24.7 Å². The van der Waals surface area contributed by atoms with E-state index in [0.29, 0.717) is 72.3 Å². The molecule has 17 heteroatoms. The molecule has 2 aromatic heterocycles. The molecule has 6 N–H and O–H groups in total. The molecular formula is C52H69N9O8. The predicted octanol–water partition coefficient (Wildman–Crippen LogP) is 7.48. The number of unbranched alkanes of at least 4 members (excludes halogenated alkanes) is 2. The third-order valence-corrected chi connectivity index (χ3v) is 12.2. The Balaban J connectivity index is 1.05. The van der Waals surface area contributed by atoms with Crippen LogP contribution in [0.25, 0.3) is 11.1 Å². The Bertz CT molecular complexity index is 2490. The zero-order valence-corrected chi connectivity index (χ0v) is 41.4. The molecular weight excluding hydrogens is 879 g/mol. The van der Waals surface area contributed by atoms with Crippen molar-refractivity contribution in [2.24, 2.45) is 37.8 Å². The molecule has 0 radical (unpaired) electrons. The molecule has 2 aromatic carbocycles. The van der Waals surface area contributed by atoms with Crippen LogP contribution in [0.1, 0.15) is 121 Å². The molecule has 1 fully saturated rings. The van der Waals surface area contributed by atoms with E-state index in [1.807, 2.05) is 32.2 Å². The van der Waals surface area contributed by atoms with Gasteiger partial charge in [0.1, 0.15) is 23.5 Å². The van der Waals surface area contributed by atoms with Gasteiger partial charge in [-0.2, -0.15) is 0 Å². The number of imide groups is 1. The van der Waals surface area contributed by atoms with E-state index >= 15 is 0 Å². The molecule has 0 spiro atoms. The fraction of sp³-hybridized carbons (Fsp3) is 0.462. The molecule has 4 aromatic rings. The lowest BCUT2D eigenvalue weighted by Gasteiger charge is -2.24. The third-order valence-electron chi connectivity index (χ3n) is 12.2. The average molecular weight is 948 g/mol. The number of nitrogens with zero attached hydrogens (tertiary/aromatic N) is 3. The first-order valence-electron chi connectivity index (χ1n) is 23.9. The van der Waals surface area contributed by atoms with Crippen molar-refractivity contribution in [3.8, 4) is 11.1 Å². The van der Waals surface area contributed by atoms with Gasteiger partial charge in [-0.1, -0.05) is 66.5 Å². The van der Waals surface area contributed by atoms with Gasteiger partial charge in [0.15, 0.2) is 0 Å². The lowest BCUT2D eigenvalue weighted by molar-refractivity contribution is -0.140. The van der Waals surface area contributed by atoms with Crippen LogP contribution in [0, 0.1) is 23.7 Å². The van der Waals surface area contributed by atoms with Crippen LogP contribution < -0.4 is 31.9 Å². The average Bonchev–Trinajstić information content (AvgIpc) is 3.95. The number of nitrogens with one attached hydrogen (secondary N) is 6. The Morgan fingerprint density at radius 1 is 0.594 bits per heavy atom. The number of amides is 8. The Hall–Kier alpha value is -7.04. The van der Waals surface area contributed by atoms with Gasteiger partial charge in [0.05, 0.1) is 5.69 Å². The van der Waals surface area contributed by atoms with Crippen LogP contribution in [-0.2, 0) is 42.9 Å². The molecule has 1 saturated heterocycles. The second-order valence-corrected chi connectivity index (χ2v) is 19.1. The number of carbonyl (C=O) groups excluding carboxylic acids is 8. The number of likely N-dealkylation sites (tertiary alicyclic amines) is 1. The SMILES string of the molecule is CC(C)CCCC(=O)Nc1cc(C(=O)Nc2ccc(-c3cc(C(=O)Nc4ccc(NC(=O)[C@H](C)NC(=O)[C@@H](NC(=O)CCCCCN5C(=O)CC(C(C)C)C5=O)C(C)C)cc4)n(C)c3)cc2)n(C)c1. The highest BCUT2D eigenvalue weighted by molar-refractivity contribution is 6.06. The molecule has 0 saturated carbocycles. The molecule has 0 aliphatic carbocycles. The Morgan fingerprint density at radius 2 is 1.16 bits per heavy atom. The largest absolute Gasteiger partial charge is 0.346 e. The van der Waals surface area contributed by atoms with Crippen molar-refractivity contribution in [2.45, 2.75) is 112 Å². The molecule has 69 heavy (non-hydrogen) atoms. The van der Waals surface area contributed by atoms with Crippen molar-refractivity contribution in [1.29, 1.82) is 0 Å². The highest BCUT2D eigenvalue weighted by Crippen LogP contribution is 2.28. The van der Waals surface area contributed by atoms with Crippen LogP contribution in [0.3, 0.4) is 0 Å². The van der Waals surface area contributed by atoms with E-state index in [1.165, 1.54) is 4.90 Å². The van der Waals surface area contributed by atoms with Gasteiger partial charge >= 0.3 is 0 Å². The van der Waals surface area contributed by atoms with Crippen LogP contribution >= 0.6 is 0 Å². The number of benzene rings is 2. The zero-order chi connectivity index (χ0) is 50.5. The van der Waals surface area contributed by atoms with E-state index in [2.05, 4.69) is 45.7 Å². The maximum Gasteiger partial charge on any atom is 0.272 e. The van der Waals surface area contributed by atoms with Gasteiger partial charge in [0.2, 0.25) is 35.4 Å². The number of rotatable bonds is 23. The number of carbonyl (C=O) groups is 8. The maximum absolute atomic E-state index is 13.4. The Labute approximate surface area is 404 Å². The number of hydrogen-bond acceptors (Lipinski definition) is 8. The van der Waals surface area contributed by atoms with E-state index in [9.17, 15) is 38.4 Å². The van der Waals surface area contributed by atoms with Crippen LogP contribution in [0.15, 0.2) is 73.1 Å². The topological polar surface area (TPSA) is 222 Å². The van der Waals surface area contributed by atoms with Crippen molar-refractivity contribution >= 4 is 70.0 Å². The molecule has 3 atom stereocenters. The number of aromatic nitrogens is 2. The normalized spacial score (nSPS) is 14.5. The van der Waals surface area contributed by atoms with Crippen molar-refractivity contribution in [2.75, 3.05) is 27.8 Å². The highest BCUT2D eigenvalue weighted by atomic mass is 16.2. The molecule has 5 rings (SSSR count). The monoisotopic (exact) mass is 948 g/mol. The molecule has 1 aliphatic heterocycles. The predicted molar refractivity (Wildman–Crippen MR) is 267 cm³/mol. The molecule has 3 heterocycles. The van der Waals surface area contributed by atoms with Crippen LogP contribution in [0.5, 0.6) is 0 Å². The van der Waals surface area contributed by atoms with E-state index < -0.39 is 23.9 Å². The molecule has 17 nitrogen and oxygen atoms in total. The summed E-state index contributed by atoms with van der Waals surface area (Å²) in [6, 6.07) is 15.4. The van der Waals surface area contributed by atoms with Gasteiger partial charge in [-0.15, -0.1) is 0 Å². The number of hydrogen-bond donors (Lipinski definition) is 6. The van der Waals surface area contributed by atoms with Gasteiger partial charge in [0.25, 0.3) is 11.8 Å². The first kappa shape index (κ1) is 52.9. The summed E-state index contributed by atoms with van der Waals surface area (Å²) in [4.78, 5) is 104. The van der Waals surface area contributed by atoms with Gasteiger partial charge in [0, 0.05) is 80.8 Å². The van der Waals surface area contributed by atoms with E-state index in [-0.39, 0.29) is 66.0 Å². The maximum atomic E-state index is 13.4. The number of aryl methyl sites for hydroxylation is 2. The highest BCUT2D eigenvalue weighted by Gasteiger charge is 2.39. The summed E-state index contributed by atoms with van der Waals surface area (Å²) in [5, 5.41) is 16.9. The summed E-state index contributed by atoms with van der Waals surface area (Å²) < 4.78 is 3.38. The Morgan fingerprint density at radius 3 is 1.74 bits per heavy atom. The fourth-order valence-corrected chi connectivity index (χ4v) is 8.07. The first-order valence-corrected chi connectivity index (χ1v) is 23.9. The summed E-state index contributed by atoms with van der Waals surface area (Å²) in [5.74, 6) is -2.20. The minimum atomic E-state index is -0.934. The minimum Gasteiger partial charge on any atom is -0.346 e. The molecule has 8 amide bonds. The third kappa shape index (κ3) is 15.0. The zero-order valence-electron chi connectivity index (χ0n) is 41.4. The van der Waals surface area contributed by atoms with Crippen LogP contribution in [0.2, 0.25) is 0 Å². The summed E-state index contributed by atoms with van der Waals surface area (Å²) >= 11 is 0. The lowest BCUT2D eigenvalue weighted by Crippen LogP contribution is -2.53. The second kappa shape index (κ2) is 24.3. The van der Waals surface area contributed by atoms with Gasteiger partial charge in [-0.25, -0.2) is 0 Å². The van der Waals surface area contributed by atoms with Gasteiger partial charge in [-0.3, -0.25) is 43.3 Å². The molecule has 1 aliphatic rings. The van der Waals surface area contributed by atoms with Crippen molar-refractivity contribution in [3.05, 3.63) is 84.4 Å². The van der Waals surface area contributed by atoms with Crippen LogP contribution in [-0.4, -0.2) is 79.9 Å². The van der Waals surface area contributed by atoms with Crippen LogP contribution in [0.4, 0.5) is 22.7 Å². The standard InChI is InChI=1S/C52H69N9O8/c1-31(2)14-13-16-44(62)54-40-27-43(60(9)30-40)50(67)56-37-19-17-35(18-20-37)36-26-42(59(8)29-36)49(66)57-39-23-21-38(22-24-39)55-48(65)34(7)53-51(68)47(33(5)6)58-45(63)15-11-10-12-25-61-46(64)28-41(32(3)4)52(61)69/h17-24,26-27,29-34,41,47H,10-16,25,28H2,1-9H3,(H,53,68)(H,54,62)(H,55,65)(H,56,67)(H,57,66)(H,58,63)/t34-,41?,47-/m0/s1. The summed E-state index contributed by atoms with van der Waals surface area (Å²) in [6.07, 6.45) is 7.91. The van der Waals surface area contributed by atoms with Crippen molar-refractivity contribution in [3.63, 3.8) is 0 Å². The lowest BCUT2D eigenvalue weighted by atomic mass is 9.94. The van der Waals surface area contributed by atoms with E-state index in [0.717, 1.165) is 24.0 Å². The minimum absolute atomic E-state index is 0.0858. The summed E-state index contributed by atoms with van der Waals surface area (Å²) in [5.41, 5.74) is 4.47. The van der Waals surface area contributed by atoms with Gasteiger partial charge in [-0.05, 0) is 98.0 Å². The second-order valence-electron chi connectivity index (χ2n) is 19.1. The van der Waals surface area contributed by atoms with Gasteiger partial charge < -0.3 is 41.0 Å². The summed E-state index contributed by atoms with van der Waals surface area (Å²) in [6.45, 7) is 13.6. The molecule has 0 bridgehead atoms. The Kier molecular flexibility index (Phi) is 18.6. The smallest absolute Gasteiger partial charge is 0.272 e. The van der Waals surface area contributed by atoms with Crippen molar-refractivity contribution < 1.29 is 38.4 Å². The quantitative estimate of drug-likeness (QED) is 0.0323. The number of anilines is 4.